The quantitative estimate of drug-likeness (QED) is 0.773. The van der Waals surface area contributed by atoms with Crippen LogP contribution in [0.1, 0.15) is 26.5 Å². The molecule has 0 aromatic carbocycles. The molecule has 1 aromatic rings. The van der Waals surface area contributed by atoms with E-state index in [9.17, 15) is 9.59 Å². The van der Waals surface area contributed by atoms with Crippen molar-refractivity contribution in [3.8, 4) is 0 Å². The summed E-state index contributed by atoms with van der Waals surface area (Å²) in [4.78, 5) is 22.8. The van der Waals surface area contributed by atoms with Crippen molar-refractivity contribution in [3.63, 3.8) is 0 Å². The zero-order chi connectivity index (χ0) is 12.9. The molecule has 0 spiro atoms. The molecule has 5 heteroatoms. The normalized spacial score (nSPS) is 11.0. The summed E-state index contributed by atoms with van der Waals surface area (Å²) in [6, 6.07) is 3.45. The third kappa shape index (κ3) is 5.19. The van der Waals surface area contributed by atoms with Crippen molar-refractivity contribution >= 4 is 11.8 Å². The van der Waals surface area contributed by atoms with Crippen LogP contribution in [0.15, 0.2) is 22.8 Å². The van der Waals surface area contributed by atoms with E-state index in [1.165, 1.54) is 6.26 Å². The lowest BCUT2D eigenvalue weighted by molar-refractivity contribution is -0.139. The van der Waals surface area contributed by atoms with Gasteiger partial charge in [-0.3, -0.25) is 9.59 Å². The van der Waals surface area contributed by atoms with Gasteiger partial charge in [0.05, 0.1) is 12.8 Å². The van der Waals surface area contributed by atoms with E-state index in [1.54, 1.807) is 12.1 Å². The largest absolute Gasteiger partial charge is 0.467 e. The van der Waals surface area contributed by atoms with Crippen LogP contribution in [0.5, 0.6) is 0 Å². The van der Waals surface area contributed by atoms with Gasteiger partial charge in [-0.25, -0.2) is 0 Å². The Morgan fingerprint density at radius 3 is 2.41 bits per heavy atom. The Balaban J connectivity index is 2.30. The van der Waals surface area contributed by atoms with E-state index < -0.39 is 11.8 Å². The molecule has 5 nitrogen and oxygen atoms in total. The number of nitrogens with one attached hydrogen (secondary N) is 2. The number of hydrogen-bond acceptors (Lipinski definition) is 3. The molecule has 0 atom stereocenters. The fraction of sp³-hybridized carbons (Fsp3) is 0.500. The van der Waals surface area contributed by atoms with Crippen LogP contribution in [0.25, 0.3) is 0 Å². The number of carbonyl (C=O) groups is 2. The number of rotatable bonds is 3. The van der Waals surface area contributed by atoms with Gasteiger partial charge in [-0.1, -0.05) is 20.8 Å². The lowest BCUT2D eigenvalue weighted by Gasteiger charge is -2.18. The SMILES string of the molecule is CC(C)(C)CNC(=O)C(=O)NCc1ccco1. The highest BCUT2D eigenvalue weighted by Crippen LogP contribution is 2.09. The Kier molecular flexibility index (Phi) is 4.31. The van der Waals surface area contributed by atoms with Crippen molar-refractivity contribution in [1.82, 2.24) is 10.6 Å². The summed E-state index contributed by atoms with van der Waals surface area (Å²) in [5.74, 6) is -0.654. The standard InChI is InChI=1S/C12H18N2O3/c1-12(2,3)8-14-11(16)10(15)13-7-9-5-4-6-17-9/h4-6H,7-8H2,1-3H3,(H,13,15)(H,14,16). The third-order valence-corrected chi connectivity index (χ3v) is 1.99. The predicted molar refractivity (Wildman–Crippen MR) is 63.0 cm³/mol. The lowest BCUT2D eigenvalue weighted by Crippen LogP contribution is -2.42. The average Bonchev–Trinajstić information content (AvgIpc) is 2.74. The third-order valence-electron chi connectivity index (χ3n) is 1.99. The number of hydrogen-bond donors (Lipinski definition) is 2. The van der Waals surface area contributed by atoms with Gasteiger partial charge in [0.25, 0.3) is 0 Å². The molecule has 0 bridgehead atoms. The first-order chi connectivity index (χ1) is 7.88. The molecule has 0 radical (unpaired) electrons. The van der Waals surface area contributed by atoms with Crippen LogP contribution in [-0.2, 0) is 16.1 Å². The summed E-state index contributed by atoms with van der Waals surface area (Å²) < 4.78 is 5.03. The smallest absolute Gasteiger partial charge is 0.309 e. The van der Waals surface area contributed by atoms with Gasteiger partial charge in [0.15, 0.2) is 0 Å². The summed E-state index contributed by atoms with van der Waals surface area (Å²) in [6.07, 6.45) is 1.52. The van der Waals surface area contributed by atoms with Crippen LogP contribution in [-0.4, -0.2) is 18.4 Å². The van der Waals surface area contributed by atoms with Crippen molar-refractivity contribution in [2.45, 2.75) is 27.3 Å². The first-order valence-electron chi connectivity index (χ1n) is 5.47. The molecule has 0 aliphatic rings. The summed E-state index contributed by atoms with van der Waals surface area (Å²) in [6.45, 7) is 6.62. The first-order valence-corrected chi connectivity index (χ1v) is 5.47. The fourth-order valence-electron chi connectivity index (χ4n) is 1.09. The predicted octanol–water partition coefficient (Wildman–Crippen LogP) is 1.06. The van der Waals surface area contributed by atoms with Crippen LogP contribution in [0.3, 0.4) is 0 Å². The molecule has 1 aromatic heterocycles. The molecule has 17 heavy (non-hydrogen) atoms. The van der Waals surface area contributed by atoms with E-state index >= 15 is 0 Å². The van der Waals surface area contributed by atoms with E-state index in [-0.39, 0.29) is 12.0 Å². The maximum Gasteiger partial charge on any atom is 0.309 e. The molecular formula is C12H18N2O3. The van der Waals surface area contributed by atoms with Gasteiger partial charge in [-0.05, 0) is 17.5 Å². The zero-order valence-corrected chi connectivity index (χ0v) is 10.4. The molecule has 0 saturated carbocycles. The highest BCUT2D eigenvalue weighted by molar-refractivity contribution is 6.35. The minimum Gasteiger partial charge on any atom is -0.467 e. The average molecular weight is 238 g/mol. The Morgan fingerprint density at radius 1 is 1.24 bits per heavy atom. The maximum atomic E-state index is 11.4. The number of furan rings is 1. The molecule has 2 N–H and O–H groups in total. The van der Waals surface area contributed by atoms with Gasteiger partial charge in [-0.15, -0.1) is 0 Å². The van der Waals surface area contributed by atoms with Crippen molar-refractivity contribution < 1.29 is 14.0 Å². The Bertz CT molecular complexity index is 377. The molecular weight excluding hydrogens is 220 g/mol. The van der Waals surface area contributed by atoms with Crippen LogP contribution < -0.4 is 10.6 Å². The van der Waals surface area contributed by atoms with Gasteiger partial charge >= 0.3 is 11.8 Å². The van der Waals surface area contributed by atoms with E-state index in [0.717, 1.165) is 0 Å². The minimum absolute atomic E-state index is 0.0447. The van der Waals surface area contributed by atoms with Gasteiger partial charge < -0.3 is 15.1 Å². The second kappa shape index (κ2) is 5.52. The maximum absolute atomic E-state index is 11.4. The molecule has 0 aliphatic carbocycles. The molecule has 0 fully saturated rings. The molecule has 0 aliphatic heterocycles. The van der Waals surface area contributed by atoms with Crippen molar-refractivity contribution in [1.29, 1.82) is 0 Å². The van der Waals surface area contributed by atoms with Crippen molar-refractivity contribution in [3.05, 3.63) is 24.2 Å². The molecule has 1 rings (SSSR count). The van der Waals surface area contributed by atoms with E-state index in [0.29, 0.717) is 12.3 Å². The molecule has 1 heterocycles. The fourth-order valence-corrected chi connectivity index (χ4v) is 1.09. The molecule has 0 saturated heterocycles. The topological polar surface area (TPSA) is 71.3 Å². The Hall–Kier alpha value is -1.78. The molecule has 0 unspecified atom stereocenters. The van der Waals surface area contributed by atoms with E-state index in [1.807, 2.05) is 20.8 Å². The van der Waals surface area contributed by atoms with Crippen molar-refractivity contribution in [2.24, 2.45) is 5.41 Å². The Labute approximate surface area is 101 Å². The molecule has 2 amide bonds. The van der Waals surface area contributed by atoms with Crippen LogP contribution in [0.2, 0.25) is 0 Å². The monoisotopic (exact) mass is 238 g/mol. The van der Waals surface area contributed by atoms with E-state index in [2.05, 4.69) is 10.6 Å². The van der Waals surface area contributed by atoms with Crippen molar-refractivity contribution in [2.75, 3.05) is 6.54 Å². The van der Waals surface area contributed by atoms with Gasteiger partial charge in [0, 0.05) is 6.54 Å². The number of carbonyl (C=O) groups excluding carboxylic acids is 2. The second-order valence-electron chi connectivity index (χ2n) is 5.01. The summed E-state index contributed by atoms with van der Waals surface area (Å²) in [5, 5.41) is 5.05. The lowest BCUT2D eigenvalue weighted by atomic mass is 9.97. The van der Waals surface area contributed by atoms with Crippen LogP contribution >= 0.6 is 0 Å². The van der Waals surface area contributed by atoms with Crippen LogP contribution in [0, 0.1) is 5.41 Å². The highest BCUT2D eigenvalue weighted by atomic mass is 16.3. The minimum atomic E-state index is -0.648. The zero-order valence-electron chi connectivity index (χ0n) is 10.4. The van der Waals surface area contributed by atoms with Crippen LogP contribution in [0.4, 0.5) is 0 Å². The second-order valence-corrected chi connectivity index (χ2v) is 5.01. The Morgan fingerprint density at radius 2 is 1.88 bits per heavy atom. The summed E-state index contributed by atoms with van der Waals surface area (Å²) >= 11 is 0. The summed E-state index contributed by atoms with van der Waals surface area (Å²) in [5.41, 5.74) is -0.0447. The molecule has 94 valence electrons. The summed E-state index contributed by atoms with van der Waals surface area (Å²) in [7, 11) is 0. The van der Waals surface area contributed by atoms with Gasteiger partial charge in [0.2, 0.25) is 0 Å². The first kappa shape index (κ1) is 13.3. The van der Waals surface area contributed by atoms with Gasteiger partial charge in [0.1, 0.15) is 5.76 Å². The van der Waals surface area contributed by atoms with Gasteiger partial charge in [-0.2, -0.15) is 0 Å². The highest BCUT2D eigenvalue weighted by Gasteiger charge is 2.17. The number of amides is 2. The van der Waals surface area contributed by atoms with E-state index in [4.69, 9.17) is 4.42 Å².